The number of rotatable bonds is 5. The summed E-state index contributed by atoms with van der Waals surface area (Å²) in [5.74, 6) is -0.923. The van der Waals surface area contributed by atoms with Gasteiger partial charge in [0.05, 0.1) is 33.5 Å². The molecule has 0 saturated heterocycles. The summed E-state index contributed by atoms with van der Waals surface area (Å²) < 4.78 is 28.5. The third-order valence-electron chi connectivity index (χ3n) is 6.25. The molecule has 2 amide bonds. The number of carbonyl (C=O) groups excluding carboxylic acids is 2. The van der Waals surface area contributed by atoms with E-state index in [1.165, 1.54) is 16.4 Å². The third-order valence-corrected chi connectivity index (χ3v) is 8.17. The van der Waals surface area contributed by atoms with Crippen molar-refractivity contribution in [3.63, 3.8) is 0 Å². The van der Waals surface area contributed by atoms with Gasteiger partial charge in [-0.2, -0.15) is 4.31 Å². The largest absolute Gasteiger partial charge is 0.272 e. The van der Waals surface area contributed by atoms with Gasteiger partial charge in [0, 0.05) is 18.7 Å². The molecule has 0 spiro atoms. The number of amides is 2. The lowest BCUT2D eigenvalue weighted by atomic mass is 9.94. The van der Waals surface area contributed by atoms with E-state index in [1.54, 1.807) is 36.4 Å². The van der Waals surface area contributed by atoms with Crippen LogP contribution in [0.4, 0.5) is 5.69 Å². The van der Waals surface area contributed by atoms with Crippen LogP contribution in [-0.2, 0) is 16.4 Å². The van der Waals surface area contributed by atoms with Gasteiger partial charge in [-0.25, -0.2) is 8.42 Å². The molecule has 2 aliphatic rings. The van der Waals surface area contributed by atoms with E-state index in [0.717, 1.165) is 28.2 Å². The Labute approximate surface area is 195 Å². The normalized spacial score (nSPS) is 18.0. The maximum absolute atomic E-state index is 13.6. The van der Waals surface area contributed by atoms with Gasteiger partial charge in [-0.1, -0.05) is 36.4 Å². The lowest BCUT2D eigenvalue weighted by Gasteiger charge is -2.37. The topological polar surface area (TPSA) is 118 Å². The van der Waals surface area contributed by atoms with Crippen LogP contribution in [0.2, 0.25) is 0 Å². The van der Waals surface area contributed by atoms with Crippen LogP contribution < -0.4 is 0 Å². The van der Waals surface area contributed by atoms with Gasteiger partial charge in [0.1, 0.15) is 0 Å². The van der Waals surface area contributed by atoms with E-state index in [0.29, 0.717) is 17.5 Å². The van der Waals surface area contributed by atoms with Crippen LogP contribution in [0.15, 0.2) is 77.7 Å². The molecule has 0 bridgehead atoms. The molecule has 3 aromatic rings. The number of non-ortho nitro benzene ring substituents is 1. The molecule has 2 aliphatic heterocycles. The van der Waals surface area contributed by atoms with Gasteiger partial charge in [-0.05, 0) is 41.8 Å². The lowest BCUT2D eigenvalue weighted by molar-refractivity contribution is -0.384. The third kappa shape index (κ3) is 3.47. The van der Waals surface area contributed by atoms with Gasteiger partial charge in [0.25, 0.3) is 17.5 Å². The first-order chi connectivity index (χ1) is 16.3. The summed E-state index contributed by atoms with van der Waals surface area (Å²) in [6.45, 7) is -0.000256. The highest BCUT2D eigenvalue weighted by Crippen LogP contribution is 2.36. The molecule has 3 aromatic carbocycles. The Bertz CT molecular complexity index is 1400. The summed E-state index contributed by atoms with van der Waals surface area (Å²) in [7, 11) is -4.08. The number of sulfonamides is 1. The highest BCUT2D eigenvalue weighted by molar-refractivity contribution is 7.89. The molecule has 172 valence electrons. The van der Waals surface area contributed by atoms with Gasteiger partial charge in [-0.15, -0.1) is 0 Å². The molecule has 0 radical (unpaired) electrons. The van der Waals surface area contributed by atoms with Crippen molar-refractivity contribution in [2.45, 2.75) is 17.4 Å². The first-order valence-corrected chi connectivity index (χ1v) is 12.0. The van der Waals surface area contributed by atoms with Crippen LogP contribution in [0.25, 0.3) is 0 Å². The Hall–Kier alpha value is -3.89. The van der Waals surface area contributed by atoms with Crippen molar-refractivity contribution < 1.29 is 22.9 Å². The van der Waals surface area contributed by atoms with Crippen molar-refractivity contribution in [2.24, 2.45) is 0 Å². The number of nitro groups is 1. The first-order valence-electron chi connectivity index (χ1n) is 10.6. The minimum atomic E-state index is -4.08. The number of hydrogen-bond acceptors (Lipinski definition) is 6. The van der Waals surface area contributed by atoms with E-state index in [2.05, 4.69) is 0 Å². The number of benzene rings is 3. The summed E-state index contributed by atoms with van der Waals surface area (Å²) in [6, 6.07) is 17.8. The van der Waals surface area contributed by atoms with Crippen LogP contribution in [0.5, 0.6) is 0 Å². The Kier molecular flexibility index (Phi) is 5.26. The van der Waals surface area contributed by atoms with Crippen LogP contribution in [0.3, 0.4) is 0 Å². The van der Waals surface area contributed by atoms with Crippen molar-refractivity contribution >= 4 is 27.5 Å². The number of imide groups is 1. The maximum Gasteiger partial charge on any atom is 0.269 e. The zero-order valence-corrected chi connectivity index (χ0v) is 18.6. The molecule has 5 rings (SSSR count). The Balaban J connectivity index is 1.54. The number of fused-ring (bicyclic) bond motifs is 2. The Morgan fingerprint density at radius 1 is 0.882 bits per heavy atom. The smallest absolute Gasteiger partial charge is 0.269 e. The number of nitrogens with zero attached hydrogens (tertiary/aromatic N) is 3. The molecule has 0 aromatic heterocycles. The molecule has 1 atom stereocenters. The second kappa shape index (κ2) is 8.15. The highest BCUT2D eigenvalue weighted by atomic mass is 32.2. The lowest BCUT2D eigenvalue weighted by Crippen LogP contribution is -2.46. The zero-order valence-electron chi connectivity index (χ0n) is 17.8. The summed E-state index contributed by atoms with van der Waals surface area (Å²) in [5, 5.41) is 11.0. The minimum Gasteiger partial charge on any atom is -0.272 e. The quantitative estimate of drug-likeness (QED) is 0.316. The number of hydrogen-bond donors (Lipinski definition) is 0. The van der Waals surface area contributed by atoms with Crippen LogP contribution in [0.1, 0.15) is 37.9 Å². The van der Waals surface area contributed by atoms with E-state index < -0.39 is 32.8 Å². The number of carbonyl (C=O) groups is 2. The summed E-state index contributed by atoms with van der Waals surface area (Å²) in [4.78, 5) is 37.4. The van der Waals surface area contributed by atoms with E-state index in [-0.39, 0.29) is 23.7 Å². The van der Waals surface area contributed by atoms with Gasteiger partial charge in [0.15, 0.2) is 0 Å². The van der Waals surface area contributed by atoms with Crippen molar-refractivity contribution in [3.05, 3.63) is 105 Å². The van der Waals surface area contributed by atoms with Crippen LogP contribution in [-0.4, -0.2) is 47.5 Å². The predicted octanol–water partition coefficient (Wildman–Crippen LogP) is 3.18. The van der Waals surface area contributed by atoms with Crippen LogP contribution >= 0.6 is 0 Å². The fraction of sp³-hybridized carbons (Fsp3) is 0.167. The van der Waals surface area contributed by atoms with Crippen molar-refractivity contribution in [1.29, 1.82) is 0 Å². The molecule has 0 N–H and O–H groups in total. The molecule has 0 aliphatic carbocycles. The van der Waals surface area contributed by atoms with E-state index >= 15 is 0 Å². The summed E-state index contributed by atoms with van der Waals surface area (Å²) >= 11 is 0. The summed E-state index contributed by atoms with van der Waals surface area (Å²) in [5.41, 5.74) is 2.03. The van der Waals surface area contributed by atoms with Crippen molar-refractivity contribution in [3.8, 4) is 0 Å². The Morgan fingerprint density at radius 3 is 2.09 bits per heavy atom. The second-order valence-corrected chi connectivity index (χ2v) is 9.99. The molecular weight excluding hydrogens is 458 g/mol. The molecule has 10 heteroatoms. The minimum absolute atomic E-state index is 0.0927. The average molecular weight is 477 g/mol. The van der Waals surface area contributed by atoms with E-state index in [4.69, 9.17) is 0 Å². The SMILES string of the molecule is O=C1c2ccccc2C(=O)N1C[C@H]1c2ccccc2CCN1S(=O)(=O)c1ccc([N+](=O)[O-])cc1. The van der Waals surface area contributed by atoms with Gasteiger partial charge in [0.2, 0.25) is 10.0 Å². The summed E-state index contributed by atoms with van der Waals surface area (Å²) in [6.07, 6.45) is 0.459. The van der Waals surface area contributed by atoms with E-state index in [1.807, 2.05) is 12.1 Å². The first kappa shape index (κ1) is 21.9. The highest BCUT2D eigenvalue weighted by Gasteiger charge is 2.42. The fourth-order valence-corrected chi connectivity index (χ4v) is 6.16. The van der Waals surface area contributed by atoms with Gasteiger partial charge < -0.3 is 0 Å². The molecule has 2 heterocycles. The van der Waals surface area contributed by atoms with Crippen molar-refractivity contribution in [2.75, 3.05) is 13.1 Å². The maximum atomic E-state index is 13.6. The number of nitro benzene ring substituents is 1. The monoisotopic (exact) mass is 477 g/mol. The van der Waals surface area contributed by atoms with Gasteiger partial charge >= 0.3 is 0 Å². The molecule has 34 heavy (non-hydrogen) atoms. The average Bonchev–Trinajstić information content (AvgIpc) is 3.09. The van der Waals surface area contributed by atoms with Crippen molar-refractivity contribution in [1.82, 2.24) is 9.21 Å². The second-order valence-electron chi connectivity index (χ2n) is 8.10. The zero-order chi connectivity index (χ0) is 24.0. The fourth-order valence-electron chi connectivity index (χ4n) is 4.56. The molecule has 9 nitrogen and oxygen atoms in total. The standard InChI is InChI=1S/C24H19N3O6S/c28-23-20-7-3-4-8-21(20)24(29)25(23)15-22-19-6-2-1-5-16(19)13-14-26(22)34(32,33)18-11-9-17(10-12-18)27(30)31/h1-12,22H,13-15H2/t22-/m0/s1. The Morgan fingerprint density at radius 2 is 1.47 bits per heavy atom. The predicted molar refractivity (Wildman–Crippen MR) is 122 cm³/mol. The molecule has 0 unspecified atom stereocenters. The molecular formula is C24H19N3O6S. The van der Waals surface area contributed by atoms with Gasteiger partial charge in [-0.3, -0.25) is 24.6 Å². The van der Waals surface area contributed by atoms with E-state index in [9.17, 15) is 28.1 Å². The van der Waals surface area contributed by atoms with Crippen LogP contribution in [0, 0.1) is 10.1 Å². The molecule has 0 saturated carbocycles. The molecule has 0 fully saturated rings.